The third-order valence-corrected chi connectivity index (χ3v) is 4.98. The van der Waals surface area contributed by atoms with Crippen LogP contribution in [0.2, 0.25) is 0 Å². The highest BCUT2D eigenvalue weighted by atomic mass is 79.9. The first-order valence-electron chi connectivity index (χ1n) is 7.16. The summed E-state index contributed by atoms with van der Waals surface area (Å²) in [5.74, 6) is -0.756. The SMILES string of the molecule is CCc1nc(CC(=O)N(C)C(C(N)=O)c2cccc(Br)c2)cs1. The third-order valence-electron chi connectivity index (χ3n) is 3.45. The van der Waals surface area contributed by atoms with E-state index in [1.165, 1.54) is 16.2 Å². The van der Waals surface area contributed by atoms with Crippen molar-refractivity contribution in [1.29, 1.82) is 0 Å². The average molecular weight is 396 g/mol. The number of primary amides is 1. The van der Waals surface area contributed by atoms with Gasteiger partial charge in [0.15, 0.2) is 0 Å². The van der Waals surface area contributed by atoms with Crippen LogP contribution in [-0.4, -0.2) is 28.7 Å². The Hall–Kier alpha value is -1.73. The van der Waals surface area contributed by atoms with E-state index in [1.807, 2.05) is 24.4 Å². The summed E-state index contributed by atoms with van der Waals surface area (Å²) in [4.78, 5) is 30.1. The molecule has 0 bridgehead atoms. The van der Waals surface area contributed by atoms with E-state index < -0.39 is 11.9 Å². The second-order valence-electron chi connectivity index (χ2n) is 5.13. The number of benzene rings is 1. The molecule has 0 aliphatic carbocycles. The van der Waals surface area contributed by atoms with Gasteiger partial charge in [-0.05, 0) is 24.1 Å². The minimum absolute atomic E-state index is 0.158. The fourth-order valence-corrected chi connectivity index (χ4v) is 3.43. The van der Waals surface area contributed by atoms with Crippen molar-refractivity contribution >= 4 is 39.1 Å². The largest absolute Gasteiger partial charge is 0.368 e. The lowest BCUT2D eigenvalue weighted by Gasteiger charge is -2.26. The number of nitrogens with zero attached hydrogens (tertiary/aromatic N) is 2. The molecule has 2 N–H and O–H groups in total. The molecule has 122 valence electrons. The number of carbonyl (C=O) groups excluding carboxylic acids is 2. The zero-order chi connectivity index (χ0) is 17.0. The number of aromatic nitrogens is 1. The van der Waals surface area contributed by atoms with Crippen molar-refractivity contribution in [3.63, 3.8) is 0 Å². The highest BCUT2D eigenvalue weighted by Crippen LogP contribution is 2.23. The summed E-state index contributed by atoms with van der Waals surface area (Å²) in [5.41, 5.74) is 6.91. The van der Waals surface area contributed by atoms with Gasteiger partial charge in [0.05, 0.1) is 17.1 Å². The van der Waals surface area contributed by atoms with Crippen LogP contribution >= 0.6 is 27.3 Å². The van der Waals surface area contributed by atoms with Crippen molar-refractivity contribution in [2.45, 2.75) is 25.8 Å². The summed E-state index contributed by atoms with van der Waals surface area (Å²) in [6.07, 6.45) is 1.00. The molecule has 1 aromatic heterocycles. The lowest BCUT2D eigenvalue weighted by molar-refractivity contribution is -0.137. The normalized spacial score (nSPS) is 12.0. The van der Waals surface area contributed by atoms with Crippen molar-refractivity contribution < 1.29 is 9.59 Å². The fraction of sp³-hybridized carbons (Fsp3) is 0.312. The van der Waals surface area contributed by atoms with Crippen LogP contribution in [0.15, 0.2) is 34.1 Å². The molecule has 1 atom stereocenters. The van der Waals surface area contributed by atoms with Crippen molar-refractivity contribution in [3.05, 3.63) is 50.4 Å². The summed E-state index contributed by atoms with van der Waals surface area (Å²) >= 11 is 4.90. The van der Waals surface area contributed by atoms with Gasteiger partial charge in [-0.2, -0.15) is 0 Å². The molecule has 0 saturated carbocycles. The fourth-order valence-electron chi connectivity index (χ4n) is 2.27. The van der Waals surface area contributed by atoms with Gasteiger partial charge in [0.25, 0.3) is 0 Å². The number of halogens is 1. The number of hydrogen-bond donors (Lipinski definition) is 1. The number of thiazole rings is 1. The number of rotatable bonds is 6. The molecule has 1 aromatic carbocycles. The molecule has 0 saturated heterocycles. The van der Waals surface area contributed by atoms with Crippen molar-refractivity contribution in [3.8, 4) is 0 Å². The Balaban J connectivity index is 2.18. The van der Waals surface area contributed by atoms with Crippen LogP contribution in [0, 0.1) is 0 Å². The Bertz CT molecular complexity index is 717. The average Bonchev–Trinajstić information content (AvgIpc) is 2.94. The summed E-state index contributed by atoms with van der Waals surface area (Å²) in [5, 5.41) is 2.87. The first-order chi connectivity index (χ1) is 10.9. The Kier molecular flexibility index (Phi) is 5.90. The van der Waals surface area contributed by atoms with Gasteiger partial charge in [0.2, 0.25) is 11.8 Å². The summed E-state index contributed by atoms with van der Waals surface area (Å²) < 4.78 is 0.828. The maximum absolute atomic E-state index is 12.5. The van der Waals surface area contributed by atoms with Gasteiger partial charge in [-0.1, -0.05) is 35.0 Å². The van der Waals surface area contributed by atoms with E-state index in [-0.39, 0.29) is 12.3 Å². The molecule has 0 radical (unpaired) electrons. The van der Waals surface area contributed by atoms with Gasteiger partial charge in [-0.15, -0.1) is 11.3 Å². The smallest absolute Gasteiger partial charge is 0.244 e. The maximum Gasteiger partial charge on any atom is 0.244 e. The van der Waals surface area contributed by atoms with E-state index in [4.69, 9.17) is 5.73 Å². The summed E-state index contributed by atoms with van der Waals surface area (Å²) in [7, 11) is 1.59. The van der Waals surface area contributed by atoms with Crippen LogP contribution < -0.4 is 5.73 Å². The second kappa shape index (κ2) is 7.70. The molecule has 7 heteroatoms. The van der Waals surface area contributed by atoms with Crippen LogP contribution in [0.4, 0.5) is 0 Å². The first kappa shape index (κ1) is 17.6. The number of carbonyl (C=O) groups is 2. The maximum atomic E-state index is 12.5. The van der Waals surface area contributed by atoms with Crippen molar-refractivity contribution in [2.75, 3.05) is 7.05 Å². The molecule has 0 aliphatic heterocycles. The van der Waals surface area contributed by atoms with Crippen molar-refractivity contribution in [2.24, 2.45) is 5.73 Å². The minimum Gasteiger partial charge on any atom is -0.368 e. The lowest BCUT2D eigenvalue weighted by Crippen LogP contribution is -2.39. The monoisotopic (exact) mass is 395 g/mol. The molecule has 5 nitrogen and oxygen atoms in total. The van der Waals surface area contributed by atoms with Gasteiger partial charge in [0, 0.05) is 16.9 Å². The zero-order valence-corrected chi connectivity index (χ0v) is 15.4. The van der Waals surface area contributed by atoms with Crippen LogP contribution in [0.3, 0.4) is 0 Å². The van der Waals surface area contributed by atoms with E-state index in [2.05, 4.69) is 20.9 Å². The van der Waals surface area contributed by atoms with Gasteiger partial charge in [-0.3, -0.25) is 9.59 Å². The van der Waals surface area contributed by atoms with E-state index in [0.717, 1.165) is 21.6 Å². The molecular formula is C16H18BrN3O2S. The molecule has 0 spiro atoms. The Morgan fingerprint density at radius 1 is 1.43 bits per heavy atom. The van der Waals surface area contributed by atoms with E-state index in [0.29, 0.717) is 5.56 Å². The Labute approximate surface area is 147 Å². The zero-order valence-electron chi connectivity index (χ0n) is 13.0. The Morgan fingerprint density at radius 2 is 2.17 bits per heavy atom. The van der Waals surface area contributed by atoms with Crippen LogP contribution in [-0.2, 0) is 22.4 Å². The number of amides is 2. The number of hydrogen-bond acceptors (Lipinski definition) is 4. The molecule has 0 aliphatic rings. The molecule has 2 rings (SSSR count). The van der Waals surface area contributed by atoms with Crippen molar-refractivity contribution in [1.82, 2.24) is 9.88 Å². The summed E-state index contributed by atoms with van der Waals surface area (Å²) in [6, 6.07) is 6.43. The van der Waals surface area contributed by atoms with Gasteiger partial charge >= 0.3 is 0 Å². The molecule has 0 fully saturated rings. The molecular weight excluding hydrogens is 378 g/mol. The lowest BCUT2D eigenvalue weighted by atomic mass is 10.0. The Morgan fingerprint density at radius 3 is 2.74 bits per heavy atom. The molecule has 23 heavy (non-hydrogen) atoms. The van der Waals surface area contributed by atoms with E-state index >= 15 is 0 Å². The minimum atomic E-state index is -0.802. The molecule has 2 amide bonds. The highest BCUT2D eigenvalue weighted by Gasteiger charge is 2.27. The standard InChI is InChI=1S/C16H18BrN3O2S/c1-3-13-19-12(9-23-13)8-14(21)20(2)15(16(18)22)10-5-4-6-11(17)7-10/h4-7,9,15H,3,8H2,1-2H3,(H2,18,22). The van der Waals surface area contributed by atoms with E-state index in [9.17, 15) is 9.59 Å². The van der Waals surface area contributed by atoms with Gasteiger partial charge < -0.3 is 10.6 Å². The van der Waals surface area contributed by atoms with Crippen LogP contribution in [0.1, 0.15) is 29.2 Å². The van der Waals surface area contributed by atoms with Crippen LogP contribution in [0.5, 0.6) is 0 Å². The second-order valence-corrected chi connectivity index (χ2v) is 6.99. The topological polar surface area (TPSA) is 76.3 Å². The third kappa shape index (κ3) is 4.39. The van der Waals surface area contributed by atoms with Crippen LogP contribution in [0.25, 0.3) is 0 Å². The van der Waals surface area contributed by atoms with E-state index in [1.54, 1.807) is 19.2 Å². The van der Waals surface area contributed by atoms with Gasteiger partial charge in [-0.25, -0.2) is 4.98 Å². The number of likely N-dealkylation sites (N-methyl/N-ethyl adjacent to an activating group) is 1. The molecule has 1 unspecified atom stereocenters. The number of aryl methyl sites for hydroxylation is 1. The molecule has 2 aromatic rings. The summed E-state index contributed by atoms with van der Waals surface area (Å²) in [6.45, 7) is 2.02. The quantitative estimate of drug-likeness (QED) is 0.816. The number of nitrogens with two attached hydrogens (primary N) is 1. The molecule has 1 heterocycles. The first-order valence-corrected chi connectivity index (χ1v) is 8.83. The highest BCUT2D eigenvalue weighted by molar-refractivity contribution is 9.10. The van der Waals surface area contributed by atoms with Gasteiger partial charge in [0.1, 0.15) is 6.04 Å². The predicted molar refractivity (Wildman–Crippen MR) is 94.0 cm³/mol. The predicted octanol–water partition coefficient (Wildman–Crippen LogP) is 2.70.